The molecule has 1 aliphatic heterocycles. The number of hydrogen-bond acceptors (Lipinski definition) is 5. The summed E-state index contributed by atoms with van der Waals surface area (Å²) in [6.07, 6.45) is -1.10. The van der Waals surface area contributed by atoms with E-state index in [0.717, 1.165) is 5.56 Å². The van der Waals surface area contributed by atoms with Crippen molar-refractivity contribution in [2.45, 2.75) is 26.5 Å². The smallest absolute Gasteiger partial charge is 0.414 e. The molecule has 2 aromatic rings. The van der Waals surface area contributed by atoms with E-state index in [2.05, 4.69) is 5.32 Å². The Bertz CT molecular complexity index is 1060. The fourth-order valence-electron chi connectivity index (χ4n) is 3.38. The second-order valence-corrected chi connectivity index (χ2v) is 7.45. The van der Waals surface area contributed by atoms with E-state index in [0.29, 0.717) is 23.4 Å². The molecule has 166 valence electrons. The number of halogens is 1. The number of benzene rings is 2. The molecule has 3 rings (SSSR count). The number of amides is 3. The number of nitrogens with one attached hydrogen (secondary N) is 1. The van der Waals surface area contributed by atoms with Crippen LogP contribution in [0.1, 0.15) is 19.4 Å². The zero-order chi connectivity index (χ0) is 23.3. The third-order valence-electron chi connectivity index (χ3n) is 5.06. The monoisotopic (exact) mass is 438 g/mol. The van der Waals surface area contributed by atoms with Gasteiger partial charge in [-0.15, -0.1) is 0 Å². The van der Waals surface area contributed by atoms with Crippen LogP contribution in [0.5, 0.6) is 0 Å². The van der Waals surface area contributed by atoms with E-state index in [1.165, 1.54) is 29.7 Å². The number of hydrogen-bond donors (Lipinski definition) is 1. The molecule has 1 fully saturated rings. The molecule has 0 spiro atoms. The van der Waals surface area contributed by atoms with Crippen LogP contribution in [-0.4, -0.2) is 48.5 Å². The van der Waals surface area contributed by atoms with Gasteiger partial charge in [-0.2, -0.15) is 5.26 Å². The third-order valence-corrected chi connectivity index (χ3v) is 5.06. The lowest BCUT2D eigenvalue weighted by Crippen LogP contribution is -2.33. The number of ether oxygens (including phenoxy) is 1. The van der Waals surface area contributed by atoms with Gasteiger partial charge in [-0.25, -0.2) is 9.18 Å². The van der Waals surface area contributed by atoms with Crippen LogP contribution in [0.3, 0.4) is 0 Å². The van der Waals surface area contributed by atoms with Crippen molar-refractivity contribution in [2.75, 3.05) is 24.5 Å². The number of nitriles is 1. The number of carbonyl (C=O) groups is 3. The lowest BCUT2D eigenvalue weighted by Gasteiger charge is -2.18. The molecule has 1 aliphatic rings. The topological polar surface area (TPSA) is 103 Å². The van der Waals surface area contributed by atoms with E-state index < -0.39 is 18.0 Å². The van der Waals surface area contributed by atoms with E-state index >= 15 is 0 Å². The molecule has 0 bridgehead atoms. The highest BCUT2D eigenvalue weighted by Crippen LogP contribution is 2.29. The van der Waals surface area contributed by atoms with Gasteiger partial charge in [0.05, 0.1) is 24.8 Å². The summed E-state index contributed by atoms with van der Waals surface area (Å²) in [5.41, 5.74) is 2.19. The van der Waals surface area contributed by atoms with Gasteiger partial charge in [0.2, 0.25) is 11.8 Å². The molecule has 0 radical (unpaired) electrons. The van der Waals surface area contributed by atoms with Gasteiger partial charge < -0.3 is 15.0 Å². The molecule has 1 saturated heterocycles. The molecule has 0 aliphatic carbocycles. The van der Waals surface area contributed by atoms with Gasteiger partial charge in [0.25, 0.3) is 0 Å². The van der Waals surface area contributed by atoms with E-state index in [9.17, 15) is 18.8 Å². The first kappa shape index (κ1) is 22.7. The largest absolute Gasteiger partial charge is 0.442 e. The van der Waals surface area contributed by atoms with Crippen molar-refractivity contribution in [1.82, 2.24) is 10.2 Å². The van der Waals surface area contributed by atoms with Crippen molar-refractivity contribution < 1.29 is 23.5 Å². The van der Waals surface area contributed by atoms with Gasteiger partial charge in [-0.05, 0) is 29.3 Å². The van der Waals surface area contributed by atoms with E-state index in [1.807, 2.05) is 6.07 Å². The molecular weight excluding hydrogens is 415 g/mol. The molecule has 0 aromatic heterocycles. The Balaban J connectivity index is 1.71. The van der Waals surface area contributed by atoms with E-state index in [-0.39, 0.29) is 31.4 Å². The van der Waals surface area contributed by atoms with Crippen LogP contribution in [0.4, 0.5) is 14.9 Å². The molecular formula is C23H23FN4O4. The molecule has 1 atom stereocenters. The molecule has 1 unspecified atom stereocenters. The number of anilines is 1. The Labute approximate surface area is 185 Å². The van der Waals surface area contributed by atoms with Crippen molar-refractivity contribution >= 4 is 23.6 Å². The highest BCUT2D eigenvalue weighted by Gasteiger charge is 2.32. The maximum absolute atomic E-state index is 14.9. The average molecular weight is 438 g/mol. The molecule has 1 N–H and O–H groups in total. The average Bonchev–Trinajstić information content (AvgIpc) is 3.13. The molecule has 1 heterocycles. The van der Waals surface area contributed by atoms with Crippen LogP contribution < -0.4 is 10.2 Å². The SMILES string of the molecule is CC(=O)NCC1CN(c2ccc(-c3ccc(CN(CC#N)C(C)=O)cc3)c(F)c2)C(=O)O1. The second kappa shape index (κ2) is 9.92. The lowest BCUT2D eigenvalue weighted by atomic mass is 10.0. The summed E-state index contributed by atoms with van der Waals surface area (Å²) in [4.78, 5) is 37.5. The van der Waals surface area contributed by atoms with Crippen LogP contribution in [0.2, 0.25) is 0 Å². The molecule has 8 nitrogen and oxygen atoms in total. The third kappa shape index (κ3) is 5.40. The molecule has 2 aromatic carbocycles. The van der Waals surface area contributed by atoms with Crippen LogP contribution in [0.15, 0.2) is 42.5 Å². The van der Waals surface area contributed by atoms with Crippen molar-refractivity contribution in [1.29, 1.82) is 5.26 Å². The summed E-state index contributed by atoms with van der Waals surface area (Å²) in [5.74, 6) is -0.916. The summed E-state index contributed by atoms with van der Waals surface area (Å²) >= 11 is 0. The molecule has 0 saturated carbocycles. The highest BCUT2D eigenvalue weighted by atomic mass is 19.1. The normalized spacial score (nSPS) is 15.1. The van der Waals surface area contributed by atoms with Gasteiger partial charge in [-0.3, -0.25) is 14.5 Å². The Morgan fingerprint density at radius 1 is 1.25 bits per heavy atom. The maximum Gasteiger partial charge on any atom is 0.414 e. The van der Waals surface area contributed by atoms with Crippen LogP contribution >= 0.6 is 0 Å². The molecule has 9 heteroatoms. The summed E-state index contributed by atoms with van der Waals surface area (Å²) in [7, 11) is 0. The minimum absolute atomic E-state index is 0.00220. The first-order valence-electron chi connectivity index (χ1n) is 10.0. The van der Waals surface area contributed by atoms with Gasteiger partial charge in [0.15, 0.2) is 0 Å². The van der Waals surface area contributed by atoms with Gasteiger partial charge in [0, 0.05) is 26.0 Å². The minimum atomic E-state index is -0.593. The van der Waals surface area contributed by atoms with Crippen molar-refractivity contribution in [3.63, 3.8) is 0 Å². The highest BCUT2D eigenvalue weighted by molar-refractivity contribution is 5.90. The Hall–Kier alpha value is -3.93. The minimum Gasteiger partial charge on any atom is -0.442 e. The predicted octanol–water partition coefficient (Wildman–Crippen LogP) is 2.83. The Morgan fingerprint density at radius 2 is 1.97 bits per heavy atom. The second-order valence-electron chi connectivity index (χ2n) is 7.45. The van der Waals surface area contributed by atoms with Crippen molar-refractivity contribution in [3.8, 4) is 17.2 Å². The zero-order valence-electron chi connectivity index (χ0n) is 17.8. The van der Waals surface area contributed by atoms with Gasteiger partial charge in [-0.1, -0.05) is 24.3 Å². The van der Waals surface area contributed by atoms with Crippen LogP contribution in [-0.2, 0) is 20.9 Å². The number of nitrogens with zero attached hydrogens (tertiary/aromatic N) is 3. The van der Waals surface area contributed by atoms with Crippen molar-refractivity contribution in [3.05, 3.63) is 53.8 Å². The Morgan fingerprint density at radius 3 is 2.56 bits per heavy atom. The van der Waals surface area contributed by atoms with Crippen LogP contribution in [0, 0.1) is 17.1 Å². The lowest BCUT2D eigenvalue weighted by molar-refractivity contribution is -0.128. The number of carbonyl (C=O) groups excluding carboxylic acids is 3. The Kier molecular flexibility index (Phi) is 7.05. The van der Waals surface area contributed by atoms with Crippen LogP contribution in [0.25, 0.3) is 11.1 Å². The summed E-state index contributed by atoms with van der Waals surface area (Å²) in [6, 6.07) is 13.5. The fraction of sp³-hybridized carbons (Fsp3) is 0.304. The number of cyclic esters (lactones) is 1. The van der Waals surface area contributed by atoms with Gasteiger partial charge in [0.1, 0.15) is 18.5 Å². The predicted molar refractivity (Wildman–Crippen MR) is 115 cm³/mol. The maximum atomic E-state index is 14.9. The summed E-state index contributed by atoms with van der Waals surface area (Å²) in [5, 5.41) is 11.4. The summed E-state index contributed by atoms with van der Waals surface area (Å²) in [6.45, 7) is 3.47. The van der Waals surface area contributed by atoms with Crippen molar-refractivity contribution in [2.24, 2.45) is 0 Å². The summed E-state index contributed by atoms with van der Waals surface area (Å²) < 4.78 is 20.1. The fourth-order valence-corrected chi connectivity index (χ4v) is 3.38. The van der Waals surface area contributed by atoms with E-state index in [1.54, 1.807) is 36.4 Å². The first-order valence-corrected chi connectivity index (χ1v) is 10.0. The zero-order valence-corrected chi connectivity index (χ0v) is 17.8. The molecule has 3 amide bonds. The standard InChI is InChI=1S/C23H23FN4O4/c1-15(29)26-12-20-14-28(23(31)32-20)19-7-8-21(22(24)11-19)18-5-3-17(4-6-18)13-27(10-9-25)16(2)30/h3-8,11,20H,10,12-14H2,1-2H3,(H,26,29). The van der Waals surface area contributed by atoms with E-state index in [4.69, 9.17) is 10.00 Å². The first-order chi connectivity index (χ1) is 15.3. The molecule has 32 heavy (non-hydrogen) atoms. The quantitative estimate of drug-likeness (QED) is 0.670. The van der Waals surface area contributed by atoms with Gasteiger partial charge >= 0.3 is 6.09 Å². The number of rotatable bonds is 7.